The van der Waals surface area contributed by atoms with E-state index in [0.717, 1.165) is 45.0 Å². The van der Waals surface area contributed by atoms with Gasteiger partial charge in [-0.05, 0) is 18.6 Å². The van der Waals surface area contributed by atoms with Gasteiger partial charge in [0.2, 0.25) is 5.91 Å². The van der Waals surface area contributed by atoms with Crippen molar-refractivity contribution >= 4 is 12.4 Å². The Balaban J connectivity index is 0.000000775. The maximum absolute atomic E-state index is 13.0. The van der Waals surface area contributed by atoms with Crippen LogP contribution in [0.3, 0.4) is 0 Å². The molecule has 4 fully saturated rings. The standard InChI is InChI=1S/C22H27N5O2.CH2O2/c1-16-7-8-20(29)27(24-16)13-19(28)23-21-17-11-25-9-10-26(12-17)15-22(21,14-25)18-5-3-2-4-6-18;2-1-3/h2-8,17,21H,9-15H2,1H3,(H,23,28);1H,(H,2,3). The largest absolute Gasteiger partial charge is 0.483 e. The SMILES string of the molecule is Cc1ccc(=O)n(CC(=O)NC2C3CN4CCN(C3)CC2(c2ccccc2)C4)n1.O=CO. The van der Waals surface area contributed by atoms with Crippen LogP contribution in [0, 0.1) is 12.8 Å². The number of fused-ring (bicyclic) bond motifs is 1. The number of carbonyl (C=O) groups is 2. The number of aromatic nitrogens is 2. The summed E-state index contributed by atoms with van der Waals surface area (Å²) in [6, 6.07) is 13.8. The van der Waals surface area contributed by atoms with Gasteiger partial charge in [-0.1, -0.05) is 30.3 Å². The van der Waals surface area contributed by atoms with Crippen molar-refractivity contribution in [2.75, 3.05) is 39.3 Å². The van der Waals surface area contributed by atoms with Crippen LogP contribution in [0.15, 0.2) is 47.3 Å². The normalized spacial score (nSPS) is 30.0. The second kappa shape index (κ2) is 9.22. The number of benzene rings is 1. The van der Waals surface area contributed by atoms with Gasteiger partial charge < -0.3 is 20.2 Å². The lowest BCUT2D eigenvalue weighted by molar-refractivity contribution is -0.125. The highest BCUT2D eigenvalue weighted by Crippen LogP contribution is 2.43. The first-order valence-electron chi connectivity index (χ1n) is 10.9. The average molecular weight is 440 g/mol. The van der Waals surface area contributed by atoms with E-state index in [1.807, 2.05) is 13.0 Å². The van der Waals surface area contributed by atoms with E-state index in [0.29, 0.717) is 5.92 Å². The Kier molecular flexibility index (Phi) is 6.38. The van der Waals surface area contributed by atoms with Crippen LogP contribution < -0.4 is 10.9 Å². The highest BCUT2D eigenvalue weighted by Gasteiger charge is 2.55. The van der Waals surface area contributed by atoms with Crippen molar-refractivity contribution in [2.24, 2.45) is 5.92 Å². The minimum Gasteiger partial charge on any atom is -0.483 e. The lowest BCUT2D eigenvalue weighted by Crippen LogP contribution is -2.70. The summed E-state index contributed by atoms with van der Waals surface area (Å²) in [5.74, 6) is 0.244. The monoisotopic (exact) mass is 439 g/mol. The number of aryl methyl sites for hydroxylation is 1. The topological polar surface area (TPSA) is 108 Å². The van der Waals surface area contributed by atoms with Crippen LogP contribution in [0.5, 0.6) is 0 Å². The van der Waals surface area contributed by atoms with E-state index in [9.17, 15) is 9.59 Å². The Morgan fingerprint density at radius 3 is 2.41 bits per heavy atom. The van der Waals surface area contributed by atoms with Gasteiger partial charge in [0.1, 0.15) is 6.54 Å². The molecule has 1 amide bonds. The molecule has 9 heteroatoms. The summed E-state index contributed by atoms with van der Waals surface area (Å²) < 4.78 is 1.26. The number of hydrogen-bond donors (Lipinski definition) is 2. The van der Waals surface area contributed by atoms with Crippen molar-refractivity contribution in [3.8, 4) is 0 Å². The molecule has 0 spiro atoms. The van der Waals surface area contributed by atoms with Gasteiger partial charge in [-0.15, -0.1) is 0 Å². The maximum Gasteiger partial charge on any atom is 0.290 e. The molecular formula is C23H29N5O4. The predicted molar refractivity (Wildman–Crippen MR) is 118 cm³/mol. The summed E-state index contributed by atoms with van der Waals surface area (Å²) in [5.41, 5.74) is 1.64. The first kappa shape index (κ1) is 22.2. The van der Waals surface area contributed by atoms with Crippen molar-refractivity contribution in [3.05, 3.63) is 64.1 Å². The lowest BCUT2D eigenvalue weighted by atomic mass is 9.64. The Morgan fingerprint density at radius 1 is 1.16 bits per heavy atom. The fourth-order valence-corrected chi connectivity index (χ4v) is 5.59. The van der Waals surface area contributed by atoms with Gasteiger partial charge in [0.05, 0.1) is 5.69 Å². The molecule has 3 unspecified atom stereocenters. The minimum absolute atomic E-state index is 0.0397. The van der Waals surface area contributed by atoms with Crippen LogP contribution in [0.4, 0.5) is 0 Å². The van der Waals surface area contributed by atoms with E-state index in [1.54, 1.807) is 6.07 Å². The molecule has 4 saturated heterocycles. The molecule has 4 bridgehead atoms. The smallest absolute Gasteiger partial charge is 0.290 e. The number of rotatable bonds is 4. The van der Waals surface area contributed by atoms with Crippen LogP contribution in [-0.4, -0.2) is 82.4 Å². The molecule has 9 nitrogen and oxygen atoms in total. The van der Waals surface area contributed by atoms with E-state index in [1.165, 1.54) is 16.3 Å². The molecule has 0 aliphatic carbocycles. The second-order valence-corrected chi connectivity index (χ2v) is 8.87. The Hall–Kier alpha value is -3.04. The van der Waals surface area contributed by atoms with Gasteiger partial charge in [0.25, 0.3) is 12.0 Å². The second-order valence-electron chi connectivity index (χ2n) is 8.87. The lowest BCUT2D eigenvalue weighted by Gasteiger charge is -2.55. The maximum atomic E-state index is 13.0. The van der Waals surface area contributed by atoms with Crippen molar-refractivity contribution in [3.63, 3.8) is 0 Å². The molecule has 4 aliphatic rings. The molecule has 2 aromatic rings. The van der Waals surface area contributed by atoms with Crippen LogP contribution in [0.2, 0.25) is 0 Å². The number of nitrogens with one attached hydrogen (secondary N) is 1. The van der Waals surface area contributed by atoms with Crippen molar-refractivity contribution in [2.45, 2.75) is 24.9 Å². The van der Waals surface area contributed by atoms with Crippen molar-refractivity contribution in [1.82, 2.24) is 24.9 Å². The Labute approximate surface area is 186 Å². The van der Waals surface area contributed by atoms with Crippen LogP contribution in [-0.2, 0) is 21.5 Å². The zero-order chi connectivity index (χ0) is 22.7. The molecule has 2 N–H and O–H groups in total. The molecule has 170 valence electrons. The van der Waals surface area contributed by atoms with E-state index in [4.69, 9.17) is 9.90 Å². The zero-order valence-electron chi connectivity index (χ0n) is 18.2. The summed E-state index contributed by atoms with van der Waals surface area (Å²) in [6.07, 6.45) is 0. The first-order valence-corrected chi connectivity index (χ1v) is 10.9. The minimum atomic E-state index is -0.250. The summed E-state index contributed by atoms with van der Waals surface area (Å²) >= 11 is 0. The Morgan fingerprint density at radius 2 is 1.78 bits per heavy atom. The van der Waals surface area contributed by atoms with Gasteiger partial charge in [-0.2, -0.15) is 5.10 Å². The quantitative estimate of drug-likeness (QED) is 0.643. The highest BCUT2D eigenvalue weighted by molar-refractivity contribution is 5.76. The predicted octanol–water partition coefficient (Wildman–Crippen LogP) is -0.0637. The van der Waals surface area contributed by atoms with Crippen molar-refractivity contribution < 1.29 is 14.7 Å². The number of piperidine rings is 2. The number of amides is 1. The molecule has 0 radical (unpaired) electrons. The van der Waals surface area contributed by atoms with E-state index in [-0.39, 0.29) is 35.9 Å². The van der Waals surface area contributed by atoms with E-state index in [2.05, 4.69) is 44.5 Å². The third-order valence-corrected chi connectivity index (χ3v) is 6.75. The van der Waals surface area contributed by atoms with Crippen LogP contribution in [0.1, 0.15) is 11.3 Å². The molecule has 1 aromatic carbocycles. The van der Waals surface area contributed by atoms with Gasteiger partial charge in [0, 0.05) is 62.7 Å². The van der Waals surface area contributed by atoms with E-state index >= 15 is 0 Å². The number of hydrogen-bond acceptors (Lipinski definition) is 6. The average Bonchev–Trinajstić information content (AvgIpc) is 3.03. The van der Waals surface area contributed by atoms with Gasteiger partial charge >= 0.3 is 0 Å². The summed E-state index contributed by atoms with van der Waals surface area (Å²) in [7, 11) is 0. The molecule has 32 heavy (non-hydrogen) atoms. The van der Waals surface area contributed by atoms with Crippen LogP contribution >= 0.6 is 0 Å². The van der Waals surface area contributed by atoms with Gasteiger partial charge in [-0.25, -0.2) is 4.68 Å². The number of carbonyl (C=O) groups excluding carboxylic acids is 1. The summed E-state index contributed by atoms with van der Waals surface area (Å²) in [6.45, 7) is 7.65. The van der Waals surface area contributed by atoms with E-state index < -0.39 is 0 Å². The third-order valence-electron chi connectivity index (χ3n) is 6.75. The molecule has 0 saturated carbocycles. The number of nitrogens with zero attached hydrogens (tertiary/aromatic N) is 4. The third kappa shape index (κ3) is 4.31. The summed E-state index contributed by atoms with van der Waals surface area (Å²) in [4.78, 5) is 38.5. The molecule has 5 heterocycles. The van der Waals surface area contributed by atoms with Gasteiger partial charge in [-0.3, -0.25) is 14.4 Å². The molecular weight excluding hydrogens is 410 g/mol. The number of carboxylic acid groups (broad SMARTS) is 1. The summed E-state index contributed by atoms with van der Waals surface area (Å²) in [5, 5.41) is 14.4. The fourth-order valence-electron chi connectivity index (χ4n) is 5.59. The molecule has 1 aromatic heterocycles. The Bertz CT molecular complexity index is 1010. The molecule has 4 aliphatic heterocycles. The van der Waals surface area contributed by atoms with Crippen LogP contribution in [0.25, 0.3) is 0 Å². The van der Waals surface area contributed by atoms with Crippen molar-refractivity contribution in [1.29, 1.82) is 0 Å². The highest BCUT2D eigenvalue weighted by atomic mass is 16.3. The molecule has 3 atom stereocenters. The first-order chi connectivity index (χ1) is 15.4. The fraction of sp³-hybridized carbons (Fsp3) is 0.478. The van der Waals surface area contributed by atoms with Gasteiger partial charge in [0.15, 0.2) is 0 Å². The zero-order valence-corrected chi connectivity index (χ0v) is 18.2. The molecule has 6 rings (SSSR count).